The first kappa shape index (κ1) is 57.8. The maximum absolute atomic E-state index is 12.5. The second kappa shape index (κ2) is 44.0. The van der Waals surface area contributed by atoms with Crippen LogP contribution in [0.3, 0.4) is 0 Å². The fraction of sp³-hybridized carbons (Fsp3) is 0.963. The standard InChI is InChI=1S/C54H106N2O5/c1-6-10-22-32-50(33-23-11-7-2)40-48-60-53(57)38-28-20-16-14-15-18-26-36-52(59-47-31-30-42-56-45-43-55(5)44-46-56)37-27-19-17-21-29-39-54(58)61-49-41-51(34-24-12-8-3)35-25-13-9-4/h50-52H,6-49H2,1-5H3. The molecule has 1 aliphatic rings. The maximum atomic E-state index is 12.5. The molecule has 1 aliphatic heterocycles. The number of unbranched alkanes of at least 4 members (excludes halogenated alkanes) is 19. The lowest BCUT2D eigenvalue weighted by molar-refractivity contribution is -0.145. The van der Waals surface area contributed by atoms with Gasteiger partial charge in [0.15, 0.2) is 0 Å². The Morgan fingerprint density at radius 3 is 1.20 bits per heavy atom. The van der Waals surface area contributed by atoms with Crippen molar-refractivity contribution in [1.29, 1.82) is 0 Å². The van der Waals surface area contributed by atoms with Gasteiger partial charge < -0.3 is 24.0 Å². The number of piperazine rings is 1. The minimum atomic E-state index is 0.00623. The van der Waals surface area contributed by atoms with Gasteiger partial charge in [0.2, 0.25) is 0 Å². The van der Waals surface area contributed by atoms with Crippen LogP contribution in [0.4, 0.5) is 0 Å². The molecule has 362 valence electrons. The highest BCUT2D eigenvalue weighted by Crippen LogP contribution is 2.23. The van der Waals surface area contributed by atoms with Crippen molar-refractivity contribution in [3.05, 3.63) is 0 Å². The average Bonchev–Trinajstić information content (AvgIpc) is 3.25. The molecule has 1 unspecified atom stereocenters. The van der Waals surface area contributed by atoms with Crippen molar-refractivity contribution < 1.29 is 23.8 Å². The van der Waals surface area contributed by atoms with E-state index >= 15 is 0 Å². The predicted molar refractivity (Wildman–Crippen MR) is 261 cm³/mol. The number of hydrogen-bond donors (Lipinski definition) is 0. The summed E-state index contributed by atoms with van der Waals surface area (Å²) >= 11 is 0. The quantitative estimate of drug-likeness (QED) is 0.0446. The van der Waals surface area contributed by atoms with Crippen LogP contribution in [0.25, 0.3) is 0 Å². The molecule has 1 atom stereocenters. The average molecular weight is 863 g/mol. The molecule has 61 heavy (non-hydrogen) atoms. The summed E-state index contributed by atoms with van der Waals surface area (Å²) in [5, 5.41) is 0. The Labute approximate surface area is 380 Å². The van der Waals surface area contributed by atoms with Crippen molar-refractivity contribution in [3.63, 3.8) is 0 Å². The molecular weight excluding hydrogens is 757 g/mol. The monoisotopic (exact) mass is 863 g/mol. The van der Waals surface area contributed by atoms with E-state index in [0.29, 0.717) is 38.1 Å². The molecule has 0 bridgehead atoms. The molecular formula is C54H106N2O5. The van der Waals surface area contributed by atoms with Crippen LogP contribution in [0.15, 0.2) is 0 Å². The first-order valence-corrected chi connectivity index (χ1v) is 27.2. The summed E-state index contributed by atoms with van der Waals surface area (Å²) in [4.78, 5) is 29.9. The number of carbonyl (C=O) groups excluding carboxylic acids is 2. The molecule has 1 saturated heterocycles. The topological polar surface area (TPSA) is 68.3 Å². The lowest BCUT2D eigenvalue weighted by atomic mass is 9.92. The van der Waals surface area contributed by atoms with E-state index in [9.17, 15) is 9.59 Å². The van der Waals surface area contributed by atoms with Crippen molar-refractivity contribution in [2.24, 2.45) is 11.8 Å². The summed E-state index contributed by atoms with van der Waals surface area (Å²) in [7, 11) is 2.23. The SMILES string of the molecule is CCCCCC(CCCCC)CCOC(=O)CCCCCCCCCC(CCCCCCCC(=O)OCCC(CCCCC)CCCCC)OCCCCN1CCN(C)CC1. The number of ether oxygens (including phenoxy) is 3. The van der Waals surface area contributed by atoms with E-state index in [1.54, 1.807) is 0 Å². The lowest BCUT2D eigenvalue weighted by Crippen LogP contribution is -2.44. The van der Waals surface area contributed by atoms with Gasteiger partial charge in [-0.05, 0) is 76.8 Å². The fourth-order valence-corrected chi connectivity index (χ4v) is 9.19. The third-order valence-electron chi connectivity index (χ3n) is 13.6. The molecule has 0 N–H and O–H groups in total. The van der Waals surface area contributed by atoms with E-state index in [2.05, 4.69) is 44.5 Å². The van der Waals surface area contributed by atoms with Gasteiger partial charge >= 0.3 is 11.9 Å². The van der Waals surface area contributed by atoms with Crippen LogP contribution in [0, 0.1) is 11.8 Å². The second-order valence-electron chi connectivity index (χ2n) is 19.4. The largest absolute Gasteiger partial charge is 0.466 e. The van der Waals surface area contributed by atoms with Crippen LogP contribution in [0.5, 0.6) is 0 Å². The summed E-state index contributed by atoms with van der Waals surface area (Å²) in [6.45, 7) is 17.2. The Hall–Kier alpha value is -1.18. The van der Waals surface area contributed by atoms with Crippen LogP contribution in [0.1, 0.15) is 259 Å². The van der Waals surface area contributed by atoms with E-state index in [1.807, 2.05) is 0 Å². The van der Waals surface area contributed by atoms with Gasteiger partial charge in [0.25, 0.3) is 0 Å². The van der Waals surface area contributed by atoms with Crippen molar-refractivity contribution in [1.82, 2.24) is 9.80 Å². The summed E-state index contributed by atoms with van der Waals surface area (Å²) in [6, 6.07) is 0. The minimum Gasteiger partial charge on any atom is -0.466 e. The van der Waals surface area contributed by atoms with Crippen molar-refractivity contribution >= 4 is 11.9 Å². The molecule has 0 spiro atoms. The van der Waals surface area contributed by atoms with Crippen LogP contribution >= 0.6 is 0 Å². The third-order valence-corrected chi connectivity index (χ3v) is 13.6. The molecule has 1 fully saturated rings. The van der Waals surface area contributed by atoms with Gasteiger partial charge in [-0.3, -0.25) is 9.59 Å². The van der Waals surface area contributed by atoms with Crippen LogP contribution in [-0.4, -0.2) is 87.4 Å². The third kappa shape index (κ3) is 37.9. The Morgan fingerprint density at radius 2 is 0.787 bits per heavy atom. The maximum Gasteiger partial charge on any atom is 0.305 e. The van der Waals surface area contributed by atoms with Gasteiger partial charge in [-0.15, -0.1) is 0 Å². The molecule has 0 saturated carbocycles. The molecule has 0 aromatic rings. The van der Waals surface area contributed by atoms with Gasteiger partial charge in [-0.2, -0.15) is 0 Å². The number of carbonyl (C=O) groups is 2. The normalized spacial score (nSPS) is 14.3. The zero-order chi connectivity index (χ0) is 44.3. The van der Waals surface area contributed by atoms with E-state index < -0.39 is 0 Å². The number of likely N-dealkylation sites (N-methyl/N-ethyl adjacent to an activating group) is 1. The number of esters is 2. The van der Waals surface area contributed by atoms with Gasteiger partial charge in [0.1, 0.15) is 0 Å². The van der Waals surface area contributed by atoms with E-state index in [0.717, 1.165) is 63.9 Å². The molecule has 0 aliphatic carbocycles. The molecule has 0 aromatic carbocycles. The molecule has 1 rings (SSSR count). The first-order chi connectivity index (χ1) is 29.9. The highest BCUT2D eigenvalue weighted by molar-refractivity contribution is 5.69. The number of rotatable bonds is 46. The van der Waals surface area contributed by atoms with Gasteiger partial charge in [-0.25, -0.2) is 0 Å². The molecule has 0 aromatic heterocycles. The van der Waals surface area contributed by atoms with Crippen LogP contribution < -0.4 is 0 Å². The molecule has 0 radical (unpaired) electrons. The minimum absolute atomic E-state index is 0.00623. The van der Waals surface area contributed by atoms with Gasteiger partial charge in [-0.1, -0.05) is 195 Å². The first-order valence-electron chi connectivity index (χ1n) is 27.2. The smallest absolute Gasteiger partial charge is 0.305 e. The van der Waals surface area contributed by atoms with Crippen molar-refractivity contribution in [3.8, 4) is 0 Å². The second-order valence-corrected chi connectivity index (χ2v) is 19.4. The van der Waals surface area contributed by atoms with Crippen LogP contribution in [0.2, 0.25) is 0 Å². The Balaban J connectivity index is 2.25. The van der Waals surface area contributed by atoms with Gasteiger partial charge in [0.05, 0.1) is 19.3 Å². The van der Waals surface area contributed by atoms with Crippen molar-refractivity contribution in [2.45, 2.75) is 265 Å². The zero-order valence-electron chi connectivity index (χ0n) is 41.8. The Bertz CT molecular complexity index is 920. The Morgan fingerprint density at radius 1 is 0.410 bits per heavy atom. The summed E-state index contributed by atoms with van der Waals surface area (Å²) in [6.07, 6.45) is 43.2. The van der Waals surface area contributed by atoms with Crippen molar-refractivity contribution in [2.75, 3.05) is 59.6 Å². The molecule has 0 amide bonds. The number of nitrogens with zero attached hydrogens (tertiary/aromatic N) is 2. The van der Waals surface area contributed by atoms with Crippen LogP contribution in [-0.2, 0) is 23.8 Å². The molecule has 1 heterocycles. The van der Waals surface area contributed by atoms with Gasteiger partial charge in [0, 0.05) is 45.6 Å². The highest BCUT2D eigenvalue weighted by atomic mass is 16.5. The van der Waals surface area contributed by atoms with E-state index in [4.69, 9.17) is 14.2 Å². The summed E-state index contributed by atoms with van der Waals surface area (Å²) in [5.41, 5.74) is 0. The summed E-state index contributed by atoms with van der Waals surface area (Å²) in [5.74, 6) is 1.45. The molecule has 7 heteroatoms. The fourth-order valence-electron chi connectivity index (χ4n) is 9.19. The highest BCUT2D eigenvalue weighted by Gasteiger charge is 2.15. The summed E-state index contributed by atoms with van der Waals surface area (Å²) < 4.78 is 17.9. The predicted octanol–water partition coefficient (Wildman–Crippen LogP) is 15.1. The number of hydrogen-bond acceptors (Lipinski definition) is 7. The lowest BCUT2D eigenvalue weighted by Gasteiger charge is -2.32. The zero-order valence-corrected chi connectivity index (χ0v) is 41.8. The Kier molecular flexibility index (Phi) is 41.8. The van der Waals surface area contributed by atoms with E-state index in [-0.39, 0.29) is 11.9 Å². The van der Waals surface area contributed by atoms with E-state index in [1.165, 1.54) is 200 Å². The molecule has 7 nitrogen and oxygen atoms in total.